The Bertz CT molecular complexity index is 863. The third-order valence-corrected chi connectivity index (χ3v) is 4.95. The van der Waals surface area contributed by atoms with Gasteiger partial charge < -0.3 is 20.5 Å². The fraction of sp³-hybridized carbons (Fsp3) is 0.421. The molecule has 1 aliphatic heterocycles. The van der Waals surface area contributed by atoms with Gasteiger partial charge in [-0.25, -0.2) is 4.98 Å². The second kappa shape index (κ2) is 6.82. The highest BCUT2D eigenvalue weighted by Gasteiger charge is 2.24. The molecule has 2 aromatic rings. The molecule has 1 aliphatic carbocycles. The molecule has 0 spiro atoms. The third-order valence-electron chi connectivity index (χ3n) is 4.95. The van der Waals surface area contributed by atoms with E-state index in [0.717, 1.165) is 36.5 Å². The molecule has 1 saturated heterocycles. The Morgan fingerprint density at radius 3 is 2.81 bits per heavy atom. The van der Waals surface area contributed by atoms with Crippen molar-refractivity contribution in [3.05, 3.63) is 30.0 Å². The Kier molecular flexibility index (Phi) is 4.36. The molecular formula is C19H21N3O4. The maximum atomic E-state index is 11.8. The lowest BCUT2D eigenvalue weighted by Crippen LogP contribution is -2.31. The lowest BCUT2D eigenvalue weighted by Gasteiger charge is -2.27. The number of ether oxygens (including phenoxy) is 2. The van der Waals surface area contributed by atoms with Crippen LogP contribution in [0.5, 0.6) is 11.6 Å². The molecule has 1 aromatic heterocycles. The number of fused-ring (bicyclic) bond motifs is 1. The van der Waals surface area contributed by atoms with Gasteiger partial charge in [0.05, 0.1) is 17.7 Å². The highest BCUT2D eigenvalue weighted by atomic mass is 16.5. The second-order valence-corrected chi connectivity index (χ2v) is 6.83. The highest BCUT2D eigenvalue weighted by Crippen LogP contribution is 2.34. The normalized spacial score (nSPS) is 19.8. The zero-order valence-electron chi connectivity index (χ0n) is 14.4. The number of pyridine rings is 1. The first-order chi connectivity index (χ1) is 12.6. The van der Waals surface area contributed by atoms with Gasteiger partial charge in [-0.05, 0) is 49.3 Å². The summed E-state index contributed by atoms with van der Waals surface area (Å²) in [5.41, 5.74) is 5.89. The van der Waals surface area contributed by atoms with Gasteiger partial charge in [-0.1, -0.05) is 0 Å². The monoisotopic (exact) mass is 355 g/mol. The summed E-state index contributed by atoms with van der Waals surface area (Å²) in [5.74, 6) is 0.459. The standard InChI is InChI=1S/C19H21N3O4/c20-18(24)15-8-11-6-7-21-19(25-10-12-4-5-17(23)22-12)14(11)9-16(15)26-13-2-1-3-13/h6-9,12-13H,1-5,10H2,(H2,20,24)(H,22,23)/t12-/m0/s1. The van der Waals surface area contributed by atoms with Gasteiger partial charge in [-0.15, -0.1) is 0 Å². The maximum absolute atomic E-state index is 11.8. The van der Waals surface area contributed by atoms with Gasteiger partial charge in [0, 0.05) is 18.0 Å². The zero-order valence-corrected chi connectivity index (χ0v) is 14.4. The van der Waals surface area contributed by atoms with E-state index in [0.29, 0.717) is 30.2 Å². The summed E-state index contributed by atoms with van der Waals surface area (Å²) in [6.07, 6.45) is 6.13. The molecular weight excluding hydrogens is 334 g/mol. The van der Waals surface area contributed by atoms with Crippen molar-refractivity contribution in [2.75, 3.05) is 6.61 Å². The van der Waals surface area contributed by atoms with Gasteiger partial charge in [-0.3, -0.25) is 9.59 Å². The average Bonchev–Trinajstić information content (AvgIpc) is 3.00. The molecule has 2 heterocycles. The first-order valence-electron chi connectivity index (χ1n) is 8.91. The molecule has 7 heteroatoms. The van der Waals surface area contributed by atoms with E-state index in [1.807, 2.05) is 0 Å². The number of primary amides is 1. The summed E-state index contributed by atoms with van der Waals surface area (Å²) in [4.78, 5) is 27.5. The molecule has 136 valence electrons. The fourth-order valence-electron chi connectivity index (χ4n) is 3.23. The molecule has 2 aliphatic rings. The Morgan fingerprint density at radius 1 is 1.31 bits per heavy atom. The van der Waals surface area contributed by atoms with Crippen LogP contribution in [0, 0.1) is 0 Å². The Balaban J connectivity index is 1.63. The number of carbonyl (C=O) groups excluding carboxylic acids is 2. The van der Waals surface area contributed by atoms with Crippen LogP contribution in [0.2, 0.25) is 0 Å². The van der Waals surface area contributed by atoms with Crippen molar-refractivity contribution < 1.29 is 19.1 Å². The number of benzene rings is 1. The summed E-state index contributed by atoms with van der Waals surface area (Å²) in [6.45, 7) is 0.355. The molecule has 0 radical (unpaired) electrons. The van der Waals surface area contributed by atoms with Crippen molar-refractivity contribution in [2.24, 2.45) is 5.73 Å². The van der Waals surface area contributed by atoms with Crippen molar-refractivity contribution in [3.8, 4) is 11.6 Å². The van der Waals surface area contributed by atoms with Crippen molar-refractivity contribution >= 4 is 22.6 Å². The predicted molar refractivity (Wildman–Crippen MR) is 95.2 cm³/mol. The van der Waals surface area contributed by atoms with Crippen LogP contribution in [-0.2, 0) is 4.79 Å². The SMILES string of the molecule is NC(=O)c1cc2ccnc(OC[C@@H]3CCC(=O)N3)c2cc1OC1CCC1. The van der Waals surface area contributed by atoms with Crippen LogP contribution in [0.25, 0.3) is 10.8 Å². The lowest BCUT2D eigenvalue weighted by atomic mass is 9.96. The Labute approximate surface area is 150 Å². The van der Waals surface area contributed by atoms with Gasteiger partial charge in [0.25, 0.3) is 5.91 Å². The van der Waals surface area contributed by atoms with Crippen LogP contribution in [0.15, 0.2) is 24.4 Å². The van der Waals surface area contributed by atoms with E-state index in [4.69, 9.17) is 15.2 Å². The first kappa shape index (κ1) is 16.6. The molecule has 1 saturated carbocycles. The quantitative estimate of drug-likeness (QED) is 0.824. The molecule has 0 unspecified atom stereocenters. The molecule has 2 fully saturated rings. The summed E-state index contributed by atoms with van der Waals surface area (Å²) in [5, 5.41) is 4.44. The van der Waals surface area contributed by atoms with Crippen LogP contribution in [-0.4, -0.2) is 35.6 Å². The van der Waals surface area contributed by atoms with E-state index in [1.54, 1.807) is 24.4 Å². The summed E-state index contributed by atoms with van der Waals surface area (Å²) >= 11 is 0. The third kappa shape index (κ3) is 3.29. The van der Waals surface area contributed by atoms with E-state index in [1.165, 1.54) is 0 Å². The largest absolute Gasteiger partial charge is 0.490 e. The van der Waals surface area contributed by atoms with Crippen LogP contribution in [0.4, 0.5) is 0 Å². The number of nitrogens with two attached hydrogens (primary N) is 1. The summed E-state index contributed by atoms with van der Waals surface area (Å²) in [6, 6.07) is 5.30. The molecule has 26 heavy (non-hydrogen) atoms. The molecule has 0 bridgehead atoms. The van der Waals surface area contributed by atoms with Crippen LogP contribution in [0.3, 0.4) is 0 Å². The molecule has 1 aromatic carbocycles. The minimum absolute atomic E-state index is 0.00449. The molecule has 1 atom stereocenters. The van der Waals surface area contributed by atoms with Crippen molar-refractivity contribution in [2.45, 2.75) is 44.2 Å². The highest BCUT2D eigenvalue weighted by molar-refractivity contribution is 6.01. The minimum atomic E-state index is -0.519. The molecule has 4 rings (SSSR count). The minimum Gasteiger partial charge on any atom is -0.490 e. The number of aromatic nitrogens is 1. The lowest BCUT2D eigenvalue weighted by molar-refractivity contribution is -0.119. The molecule has 2 amide bonds. The smallest absolute Gasteiger partial charge is 0.252 e. The number of nitrogens with zero attached hydrogens (tertiary/aromatic N) is 1. The molecule has 3 N–H and O–H groups in total. The van der Waals surface area contributed by atoms with Crippen LogP contribution in [0.1, 0.15) is 42.5 Å². The summed E-state index contributed by atoms with van der Waals surface area (Å²) < 4.78 is 11.8. The second-order valence-electron chi connectivity index (χ2n) is 6.83. The Morgan fingerprint density at radius 2 is 2.15 bits per heavy atom. The number of hydrogen-bond acceptors (Lipinski definition) is 5. The number of amides is 2. The maximum Gasteiger partial charge on any atom is 0.252 e. The fourth-order valence-corrected chi connectivity index (χ4v) is 3.23. The molecule has 7 nitrogen and oxygen atoms in total. The van der Waals surface area contributed by atoms with Gasteiger partial charge in [0.1, 0.15) is 12.4 Å². The van der Waals surface area contributed by atoms with E-state index in [-0.39, 0.29) is 18.1 Å². The van der Waals surface area contributed by atoms with Crippen LogP contribution < -0.4 is 20.5 Å². The van der Waals surface area contributed by atoms with E-state index in [2.05, 4.69) is 10.3 Å². The van der Waals surface area contributed by atoms with Gasteiger partial charge in [0.2, 0.25) is 11.8 Å². The predicted octanol–water partition coefficient (Wildman–Crippen LogP) is 1.92. The van der Waals surface area contributed by atoms with E-state index >= 15 is 0 Å². The van der Waals surface area contributed by atoms with Gasteiger partial charge in [0.15, 0.2) is 0 Å². The van der Waals surface area contributed by atoms with Crippen molar-refractivity contribution in [3.63, 3.8) is 0 Å². The number of nitrogens with one attached hydrogen (secondary N) is 1. The zero-order chi connectivity index (χ0) is 18.1. The van der Waals surface area contributed by atoms with E-state index in [9.17, 15) is 9.59 Å². The number of hydrogen-bond donors (Lipinski definition) is 2. The van der Waals surface area contributed by atoms with Gasteiger partial charge in [-0.2, -0.15) is 0 Å². The number of carbonyl (C=O) groups is 2. The van der Waals surface area contributed by atoms with Crippen molar-refractivity contribution in [1.82, 2.24) is 10.3 Å². The first-order valence-corrected chi connectivity index (χ1v) is 8.91. The Hall–Kier alpha value is -2.83. The topological polar surface area (TPSA) is 104 Å². The van der Waals surface area contributed by atoms with Gasteiger partial charge >= 0.3 is 0 Å². The summed E-state index contributed by atoms with van der Waals surface area (Å²) in [7, 11) is 0. The number of rotatable bonds is 6. The van der Waals surface area contributed by atoms with Crippen molar-refractivity contribution in [1.29, 1.82) is 0 Å². The average molecular weight is 355 g/mol. The van der Waals surface area contributed by atoms with E-state index < -0.39 is 5.91 Å². The van der Waals surface area contributed by atoms with Crippen LogP contribution >= 0.6 is 0 Å².